The highest BCUT2D eigenvalue weighted by Gasteiger charge is 2.21. The molecule has 0 aliphatic rings. The molecular formula is C11H11ClN4. The third-order valence-electron chi connectivity index (χ3n) is 2.54. The molecule has 1 aromatic heterocycles. The number of rotatable bonds is 4. The molecule has 0 amide bonds. The number of benzene rings is 1. The second kappa shape index (κ2) is 4.45. The van der Waals surface area contributed by atoms with Crippen molar-refractivity contribution in [1.82, 2.24) is 4.98 Å². The van der Waals surface area contributed by atoms with Gasteiger partial charge in [0.25, 0.3) is 0 Å². The van der Waals surface area contributed by atoms with Crippen molar-refractivity contribution in [2.75, 3.05) is 0 Å². The smallest absolute Gasteiger partial charge is 0.119 e. The molecule has 0 saturated carbocycles. The van der Waals surface area contributed by atoms with E-state index in [0.29, 0.717) is 0 Å². The van der Waals surface area contributed by atoms with Crippen LogP contribution in [0.25, 0.3) is 10.9 Å². The molecule has 0 fully saturated rings. The van der Waals surface area contributed by atoms with E-state index in [1.807, 2.05) is 24.3 Å². The molecule has 3 N–H and O–H groups in total. The number of aromatic nitrogens is 1. The summed E-state index contributed by atoms with van der Waals surface area (Å²) in [6, 6.07) is 7.26. The molecule has 1 heterocycles. The van der Waals surface area contributed by atoms with Crippen LogP contribution >= 0.6 is 11.6 Å². The number of nitrogens with zero attached hydrogens (tertiary/aromatic N) is 1. The predicted octanol–water partition coefficient (Wildman–Crippen LogP) is 3.50. The highest BCUT2D eigenvalue weighted by atomic mass is 35.5. The van der Waals surface area contributed by atoms with Gasteiger partial charge < -0.3 is 10.4 Å². The van der Waals surface area contributed by atoms with Crippen molar-refractivity contribution >= 4 is 28.7 Å². The zero-order valence-electron chi connectivity index (χ0n) is 8.44. The maximum Gasteiger partial charge on any atom is 0.119 e. The molecule has 1 aromatic carbocycles. The Morgan fingerprint density at radius 2 is 2.12 bits per heavy atom. The topological polar surface area (TPSA) is 75.8 Å². The van der Waals surface area contributed by atoms with Crippen LogP contribution in [0.4, 0.5) is 0 Å². The molecule has 0 aliphatic carbocycles. The summed E-state index contributed by atoms with van der Waals surface area (Å²) in [5, 5.41) is 11.1. The number of hydrogen-bond donors (Lipinski definition) is 3. The summed E-state index contributed by atoms with van der Waals surface area (Å²) in [5.74, 6) is 0. The summed E-state index contributed by atoms with van der Waals surface area (Å²) in [4.78, 5) is 3.10. The molecule has 0 radical (unpaired) electrons. The van der Waals surface area contributed by atoms with Crippen LogP contribution in [0.5, 0.6) is 0 Å². The third-order valence-corrected chi connectivity index (χ3v) is 2.90. The van der Waals surface area contributed by atoms with Gasteiger partial charge in [-0.05, 0) is 6.07 Å². The molecule has 0 bridgehead atoms. The van der Waals surface area contributed by atoms with Gasteiger partial charge in [-0.3, -0.25) is 0 Å². The van der Waals surface area contributed by atoms with E-state index in [-0.39, 0.29) is 0 Å². The Hall–Kier alpha value is -1.68. The van der Waals surface area contributed by atoms with Crippen molar-refractivity contribution in [3.05, 3.63) is 36.0 Å². The molecule has 2 aromatic rings. The van der Waals surface area contributed by atoms with E-state index in [4.69, 9.17) is 22.5 Å². The molecule has 82 valence electrons. The van der Waals surface area contributed by atoms with E-state index >= 15 is 0 Å². The van der Waals surface area contributed by atoms with E-state index in [0.717, 1.165) is 22.7 Å². The lowest BCUT2D eigenvalue weighted by Gasteiger charge is -2.11. The standard InChI is InChI=1S/C11H11ClN4/c12-9(5-13)11(16-14)8-6-15-10-4-2-1-3-7(8)10/h1-6,9,11,13-15H. The number of hydrogen-bond acceptors (Lipinski definition) is 3. The molecule has 2 rings (SSSR count). The molecule has 0 aliphatic heterocycles. The van der Waals surface area contributed by atoms with E-state index in [9.17, 15) is 0 Å². The van der Waals surface area contributed by atoms with Gasteiger partial charge in [-0.25, -0.2) is 5.53 Å². The molecule has 0 saturated heterocycles. The van der Waals surface area contributed by atoms with E-state index in [2.05, 4.69) is 10.1 Å². The first kappa shape index (κ1) is 10.8. The average Bonchev–Trinajstić information content (AvgIpc) is 2.74. The van der Waals surface area contributed by atoms with Crippen LogP contribution in [0, 0.1) is 10.9 Å². The molecule has 2 atom stereocenters. The number of para-hydroxylation sites is 1. The van der Waals surface area contributed by atoms with Crippen molar-refractivity contribution in [3.63, 3.8) is 0 Å². The summed E-state index contributed by atoms with van der Waals surface area (Å²) in [5.41, 5.74) is 9.01. The van der Waals surface area contributed by atoms with Crippen molar-refractivity contribution in [2.24, 2.45) is 5.11 Å². The van der Waals surface area contributed by atoms with Gasteiger partial charge >= 0.3 is 0 Å². The largest absolute Gasteiger partial charge is 0.361 e. The van der Waals surface area contributed by atoms with Gasteiger partial charge in [0.1, 0.15) is 6.04 Å². The first-order valence-corrected chi connectivity index (χ1v) is 5.29. The fourth-order valence-electron chi connectivity index (χ4n) is 1.74. The monoisotopic (exact) mass is 234 g/mol. The van der Waals surface area contributed by atoms with Crippen LogP contribution in [-0.2, 0) is 0 Å². The minimum Gasteiger partial charge on any atom is -0.361 e. The van der Waals surface area contributed by atoms with Gasteiger partial charge in [-0.1, -0.05) is 18.2 Å². The lowest BCUT2D eigenvalue weighted by molar-refractivity contribution is 0.708. The molecular weight excluding hydrogens is 224 g/mol. The third kappa shape index (κ3) is 1.72. The van der Waals surface area contributed by atoms with Crippen LogP contribution < -0.4 is 0 Å². The fourth-order valence-corrected chi connectivity index (χ4v) is 1.93. The second-order valence-corrected chi connectivity index (χ2v) is 3.98. The Morgan fingerprint density at radius 1 is 1.38 bits per heavy atom. The van der Waals surface area contributed by atoms with Crippen molar-refractivity contribution in [3.8, 4) is 0 Å². The normalized spacial score (nSPS) is 14.6. The number of fused-ring (bicyclic) bond motifs is 1. The maximum absolute atomic E-state index is 7.17. The zero-order valence-corrected chi connectivity index (χ0v) is 9.20. The molecule has 0 spiro atoms. The van der Waals surface area contributed by atoms with E-state index in [1.54, 1.807) is 6.20 Å². The summed E-state index contributed by atoms with van der Waals surface area (Å²) in [6.07, 6.45) is 2.90. The van der Waals surface area contributed by atoms with Crippen LogP contribution in [0.3, 0.4) is 0 Å². The molecule has 4 nitrogen and oxygen atoms in total. The predicted molar refractivity (Wildman–Crippen MR) is 64.6 cm³/mol. The Morgan fingerprint density at radius 3 is 2.81 bits per heavy atom. The molecule has 5 heteroatoms. The van der Waals surface area contributed by atoms with Gasteiger partial charge in [0.05, 0.1) is 5.38 Å². The Balaban J connectivity index is 2.53. The molecule has 16 heavy (non-hydrogen) atoms. The molecule has 2 unspecified atom stereocenters. The number of alkyl halides is 1. The van der Waals surface area contributed by atoms with Gasteiger partial charge in [0.15, 0.2) is 0 Å². The summed E-state index contributed by atoms with van der Waals surface area (Å²) < 4.78 is 0. The van der Waals surface area contributed by atoms with Gasteiger partial charge in [0.2, 0.25) is 0 Å². The first-order valence-electron chi connectivity index (χ1n) is 4.85. The number of aromatic amines is 1. The van der Waals surface area contributed by atoms with E-state index < -0.39 is 11.4 Å². The zero-order chi connectivity index (χ0) is 11.5. The minimum absolute atomic E-state index is 0.504. The van der Waals surface area contributed by atoms with Crippen LogP contribution in [0.2, 0.25) is 0 Å². The quantitative estimate of drug-likeness (QED) is 0.412. The number of nitrogens with one attached hydrogen (secondary N) is 3. The lowest BCUT2D eigenvalue weighted by Crippen LogP contribution is -2.10. The Bertz CT molecular complexity index is 519. The first-order chi connectivity index (χ1) is 7.77. The second-order valence-electron chi connectivity index (χ2n) is 3.47. The highest BCUT2D eigenvalue weighted by Crippen LogP contribution is 2.30. The SMILES string of the molecule is N=CC(Cl)C(N=N)c1c[nH]c2ccccc12. The number of H-pyrrole nitrogens is 1. The van der Waals surface area contributed by atoms with Gasteiger partial charge in [0, 0.05) is 28.9 Å². The average molecular weight is 235 g/mol. The summed E-state index contributed by atoms with van der Waals surface area (Å²) >= 11 is 5.95. The number of halogens is 1. The minimum atomic E-state index is -0.586. The van der Waals surface area contributed by atoms with Crippen molar-refractivity contribution in [2.45, 2.75) is 11.4 Å². The van der Waals surface area contributed by atoms with Gasteiger partial charge in [-0.2, -0.15) is 5.11 Å². The van der Waals surface area contributed by atoms with Crippen molar-refractivity contribution in [1.29, 1.82) is 10.9 Å². The van der Waals surface area contributed by atoms with Crippen LogP contribution in [0.15, 0.2) is 35.6 Å². The highest BCUT2D eigenvalue weighted by molar-refractivity contribution is 6.28. The Labute approximate surface area is 97.6 Å². The van der Waals surface area contributed by atoms with Gasteiger partial charge in [-0.15, -0.1) is 11.6 Å². The Kier molecular flexibility index (Phi) is 3.01. The summed E-state index contributed by atoms with van der Waals surface area (Å²) in [6.45, 7) is 0. The fraction of sp³-hybridized carbons (Fsp3) is 0.182. The van der Waals surface area contributed by atoms with Crippen LogP contribution in [-0.4, -0.2) is 16.6 Å². The van der Waals surface area contributed by atoms with Crippen LogP contribution in [0.1, 0.15) is 11.6 Å². The van der Waals surface area contributed by atoms with Crippen molar-refractivity contribution < 1.29 is 0 Å². The summed E-state index contributed by atoms with van der Waals surface area (Å²) in [7, 11) is 0. The lowest BCUT2D eigenvalue weighted by atomic mass is 10.0. The maximum atomic E-state index is 7.17. The van der Waals surface area contributed by atoms with E-state index in [1.165, 1.54) is 0 Å².